The first-order valence-corrected chi connectivity index (χ1v) is 8.86. The fourth-order valence-corrected chi connectivity index (χ4v) is 3.63. The van der Waals surface area contributed by atoms with Crippen LogP contribution in [0.4, 0.5) is 5.69 Å². The van der Waals surface area contributed by atoms with Crippen LogP contribution in [-0.2, 0) is 19.6 Å². The van der Waals surface area contributed by atoms with Gasteiger partial charge >= 0.3 is 0 Å². The Morgan fingerprint density at radius 1 is 1.33 bits per heavy atom. The molecule has 1 aromatic carbocycles. The highest BCUT2D eigenvalue weighted by molar-refractivity contribution is 7.92. The maximum atomic E-state index is 12.4. The van der Waals surface area contributed by atoms with Crippen LogP contribution in [0.2, 0.25) is 0 Å². The monoisotopic (exact) mass is 354 g/mol. The Hall–Kier alpha value is -2.26. The van der Waals surface area contributed by atoms with Gasteiger partial charge in [0.2, 0.25) is 5.91 Å². The number of nitro groups is 1. The van der Waals surface area contributed by atoms with Gasteiger partial charge in [0, 0.05) is 25.0 Å². The van der Waals surface area contributed by atoms with Crippen molar-refractivity contribution in [2.45, 2.75) is 39.0 Å². The minimum absolute atomic E-state index is 0.0878. The van der Waals surface area contributed by atoms with Gasteiger partial charge in [-0.1, -0.05) is 0 Å². The zero-order valence-electron chi connectivity index (χ0n) is 13.3. The minimum atomic E-state index is -3.98. The maximum Gasteiger partial charge on any atom is 0.269 e. The average Bonchev–Trinajstić information content (AvgIpc) is 2.86. The van der Waals surface area contributed by atoms with E-state index in [0.717, 1.165) is 9.71 Å². The van der Waals surface area contributed by atoms with Crippen LogP contribution >= 0.6 is 0 Å². The van der Waals surface area contributed by atoms with Gasteiger partial charge in [-0.3, -0.25) is 14.9 Å². The summed E-state index contributed by atoms with van der Waals surface area (Å²) in [6.07, 6.45) is 0.710. The van der Waals surface area contributed by atoms with Crippen LogP contribution in [-0.4, -0.2) is 35.9 Å². The molecule has 0 radical (unpaired) electrons. The van der Waals surface area contributed by atoms with Crippen molar-refractivity contribution < 1.29 is 22.9 Å². The summed E-state index contributed by atoms with van der Waals surface area (Å²) in [6, 6.07) is 5.41. The number of hydrogen-bond acceptors (Lipinski definition) is 6. The molecule has 8 nitrogen and oxygen atoms in total. The lowest BCUT2D eigenvalue weighted by Crippen LogP contribution is -2.40. The molecule has 24 heavy (non-hydrogen) atoms. The number of carbonyl (C=O) groups is 1. The predicted molar refractivity (Wildman–Crippen MR) is 87.1 cm³/mol. The van der Waals surface area contributed by atoms with Crippen molar-refractivity contribution in [3.05, 3.63) is 45.4 Å². The van der Waals surface area contributed by atoms with Crippen molar-refractivity contribution in [1.29, 1.82) is 0 Å². The van der Waals surface area contributed by atoms with Crippen LogP contribution < -0.4 is 0 Å². The molecular formula is C15H18N2O6S. The lowest BCUT2D eigenvalue weighted by Gasteiger charge is -2.24. The van der Waals surface area contributed by atoms with Crippen LogP contribution in [0.1, 0.15) is 32.3 Å². The number of benzene rings is 1. The van der Waals surface area contributed by atoms with Gasteiger partial charge in [-0.05, 0) is 37.6 Å². The van der Waals surface area contributed by atoms with Crippen molar-refractivity contribution in [3.63, 3.8) is 0 Å². The molecule has 1 atom stereocenters. The molecule has 1 aliphatic heterocycles. The molecule has 0 N–H and O–H groups in total. The van der Waals surface area contributed by atoms with E-state index in [-0.39, 0.29) is 18.2 Å². The summed E-state index contributed by atoms with van der Waals surface area (Å²) < 4.78 is 31.1. The molecule has 2 rings (SSSR count). The quantitative estimate of drug-likeness (QED) is 0.573. The lowest BCUT2D eigenvalue weighted by atomic mass is 10.2. The average molecular weight is 354 g/mol. The number of nitro benzene ring substituents is 1. The molecule has 1 saturated heterocycles. The van der Waals surface area contributed by atoms with Crippen molar-refractivity contribution in [1.82, 2.24) is 4.31 Å². The first kappa shape index (κ1) is 18.1. The topological polar surface area (TPSA) is 107 Å². The molecule has 130 valence electrons. The van der Waals surface area contributed by atoms with Gasteiger partial charge in [-0.15, -0.1) is 0 Å². The summed E-state index contributed by atoms with van der Waals surface area (Å²) in [6.45, 7) is 3.53. The van der Waals surface area contributed by atoms with Crippen molar-refractivity contribution in [2.75, 3.05) is 0 Å². The van der Waals surface area contributed by atoms with E-state index in [0.29, 0.717) is 12.0 Å². The number of sulfonamides is 1. The molecule has 1 aliphatic rings. The number of carbonyl (C=O) groups excluding carboxylic acids is 1. The summed E-state index contributed by atoms with van der Waals surface area (Å²) in [5.41, 5.74) is 0.382. The van der Waals surface area contributed by atoms with E-state index >= 15 is 0 Å². The first-order valence-electron chi connectivity index (χ1n) is 7.36. The largest absolute Gasteiger partial charge is 0.355 e. The molecule has 0 spiro atoms. The standard InChI is InChI=1S/C15H18N2O6S/c1-11(2)23-15-8-7-14(18)16(15)24(21,22)10-9-12-3-5-13(6-4-12)17(19)20/h3-6,9-11,15H,7-8H2,1-2H3/b10-9+. The van der Waals surface area contributed by atoms with Gasteiger partial charge in [-0.25, -0.2) is 12.7 Å². The Bertz CT molecular complexity index is 755. The molecule has 0 aromatic heterocycles. The normalized spacial score (nSPS) is 18.7. The van der Waals surface area contributed by atoms with E-state index in [9.17, 15) is 23.3 Å². The predicted octanol–water partition coefficient (Wildman–Crippen LogP) is 2.27. The Balaban J connectivity index is 2.19. The first-order chi connectivity index (χ1) is 11.2. The Kier molecular flexibility index (Phi) is 5.35. The highest BCUT2D eigenvalue weighted by Crippen LogP contribution is 2.25. The van der Waals surface area contributed by atoms with E-state index in [1.54, 1.807) is 13.8 Å². The number of hydrogen-bond donors (Lipinski definition) is 0. The lowest BCUT2D eigenvalue weighted by molar-refractivity contribution is -0.384. The van der Waals surface area contributed by atoms with E-state index in [4.69, 9.17) is 4.74 Å². The zero-order valence-corrected chi connectivity index (χ0v) is 14.1. The summed E-state index contributed by atoms with van der Waals surface area (Å²) in [7, 11) is -3.98. The molecule has 1 fully saturated rings. The van der Waals surface area contributed by atoms with Crippen LogP contribution in [0.15, 0.2) is 29.7 Å². The number of rotatable bonds is 6. The van der Waals surface area contributed by atoms with Crippen LogP contribution in [0.3, 0.4) is 0 Å². The second kappa shape index (κ2) is 7.10. The molecule has 1 heterocycles. The molecular weight excluding hydrogens is 336 g/mol. The highest BCUT2D eigenvalue weighted by atomic mass is 32.2. The van der Waals surface area contributed by atoms with E-state index in [2.05, 4.69) is 0 Å². The second-order valence-electron chi connectivity index (χ2n) is 5.56. The third-order valence-corrected chi connectivity index (χ3v) is 4.82. The Morgan fingerprint density at radius 2 is 1.96 bits per heavy atom. The Morgan fingerprint density at radius 3 is 2.50 bits per heavy atom. The molecule has 9 heteroatoms. The third kappa shape index (κ3) is 4.18. The third-order valence-electron chi connectivity index (χ3n) is 3.35. The van der Waals surface area contributed by atoms with E-state index < -0.39 is 27.1 Å². The van der Waals surface area contributed by atoms with Crippen molar-refractivity contribution >= 4 is 27.7 Å². The summed E-state index contributed by atoms with van der Waals surface area (Å²) in [5, 5.41) is 11.5. The molecule has 0 bridgehead atoms. The fourth-order valence-electron chi connectivity index (χ4n) is 2.32. The summed E-state index contributed by atoms with van der Waals surface area (Å²) in [4.78, 5) is 22.0. The zero-order chi connectivity index (χ0) is 17.9. The van der Waals surface area contributed by atoms with Crippen LogP contribution in [0, 0.1) is 10.1 Å². The molecule has 1 unspecified atom stereocenters. The van der Waals surface area contributed by atoms with E-state index in [1.807, 2.05) is 0 Å². The van der Waals surface area contributed by atoms with Gasteiger partial charge in [0.15, 0.2) is 0 Å². The number of non-ortho nitro benzene ring substituents is 1. The van der Waals surface area contributed by atoms with Gasteiger partial charge in [-0.2, -0.15) is 0 Å². The van der Waals surface area contributed by atoms with Crippen molar-refractivity contribution in [2.24, 2.45) is 0 Å². The molecule has 1 aromatic rings. The fraction of sp³-hybridized carbons (Fsp3) is 0.400. The van der Waals surface area contributed by atoms with Gasteiger partial charge < -0.3 is 4.74 Å². The second-order valence-corrected chi connectivity index (χ2v) is 7.26. The Labute approximate surface area is 139 Å². The number of nitrogens with zero attached hydrogens (tertiary/aromatic N) is 2. The highest BCUT2D eigenvalue weighted by Gasteiger charge is 2.39. The van der Waals surface area contributed by atoms with Gasteiger partial charge in [0.05, 0.1) is 16.4 Å². The SMILES string of the molecule is CC(C)OC1CCC(=O)N1S(=O)(=O)/C=C/c1ccc([N+](=O)[O-])cc1. The number of amides is 1. The van der Waals surface area contributed by atoms with Gasteiger partial charge in [0.1, 0.15) is 6.23 Å². The maximum absolute atomic E-state index is 12.4. The molecule has 0 aliphatic carbocycles. The summed E-state index contributed by atoms with van der Waals surface area (Å²) in [5.74, 6) is -0.506. The van der Waals surface area contributed by atoms with Gasteiger partial charge in [0.25, 0.3) is 15.7 Å². The van der Waals surface area contributed by atoms with Crippen molar-refractivity contribution in [3.8, 4) is 0 Å². The van der Waals surface area contributed by atoms with Crippen LogP contribution in [0.5, 0.6) is 0 Å². The molecule has 1 amide bonds. The van der Waals surface area contributed by atoms with Crippen LogP contribution in [0.25, 0.3) is 6.08 Å². The van der Waals surface area contributed by atoms with E-state index in [1.165, 1.54) is 30.3 Å². The molecule has 0 saturated carbocycles. The minimum Gasteiger partial charge on any atom is -0.355 e. The number of ether oxygens (including phenoxy) is 1. The smallest absolute Gasteiger partial charge is 0.269 e. The summed E-state index contributed by atoms with van der Waals surface area (Å²) >= 11 is 0.